The van der Waals surface area contributed by atoms with E-state index in [0.29, 0.717) is 33.6 Å². The van der Waals surface area contributed by atoms with Crippen LogP contribution in [0.15, 0.2) is 267 Å². The molecule has 10 aromatic rings. The molecule has 3 aliphatic heterocycles. The molecule has 0 aliphatic carbocycles. The second-order valence-electron chi connectivity index (χ2n) is 24.9. The van der Waals surface area contributed by atoms with Crippen LogP contribution in [0.25, 0.3) is 49.7 Å². The van der Waals surface area contributed by atoms with Crippen molar-refractivity contribution in [2.75, 3.05) is 9.80 Å². The number of hydrogen-bond acceptors (Lipinski definition) is 6. The number of fused-ring (bicyclic) bond motifs is 4. The summed E-state index contributed by atoms with van der Waals surface area (Å²) in [4.78, 5) is 9.56. The fourth-order valence-electron chi connectivity index (χ4n) is 12.6. The molecule has 0 atom stereocenters. The minimum atomic E-state index is -0.645. The van der Waals surface area contributed by atoms with Crippen LogP contribution in [0.5, 0.6) is 11.5 Å². The summed E-state index contributed by atoms with van der Waals surface area (Å²) in [6.07, 6.45) is 26.0. The van der Waals surface area contributed by atoms with E-state index in [0.717, 1.165) is 72.6 Å². The molecule has 8 aromatic carbocycles. The van der Waals surface area contributed by atoms with Gasteiger partial charge < -0.3 is 29.7 Å². The molecule has 456 valence electrons. The van der Waals surface area contributed by atoms with Crippen LogP contribution in [0, 0.1) is 18.8 Å². The van der Waals surface area contributed by atoms with Gasteiger partial charge in [0.05, 0.1) is 5.48 Å². The van der Waals surface area contributed by atoms with Crippen molar-refractivity contribution < 1.29 is 31.3 Å². The monoisotopic (exact) mass is 1380 g/mol. The maximum absolute atomic E-state index is 9.55. The van der Waals surface area contributed by atoms with Gasteiger partial charge in [0.1, 0.15) is 5.82 Å². The molecule has 7 nitrogen and oxygen atoms in total. The van der Waals surface area contributed by atoms with E-state index in [1.807, 2.05) is 114 Å². The summed E-state index contributed by atoms with van der Waals surface area (Å²) < 4.78 is 46.0. The van der Waals surface area contributed by atoms with Crippen LogP contribution < -0.4 is 25.2 Å². The molecule has 0 bridgehead atoms. The molecule has 0 spiro atoms. The van der Waals surface area contributed by atoms with E-state index in [1.165, 1.54) is 16.7 Å². The number of hydrogen-bond donors (Lipinski definition) is 2. The zero-order valence-corrected chi connectivity index (χ0v) is 55.3. The Morgan fingerprint density at radius 1 is 0.565 bits per heavy atom. The van der Waals surface area contributed by atoms with Gasteiger partial charge in [0.15, 0.2) is 14.6 Å². The van der Waals surface area contributed by atoms with Crippen LogP contribution in [0.1, 0.15) is 117 Å². The summed E-state index contributed by atoms with van der Waals surface area (Å²) in [5.74, 6) is 5.77. The molecule has 3 aliphatic rings. The Kier molecular flexibility index (Phi) is 17.0. The molecule has 0 fully saturated rings. The largest absolute Gasteiger partial charge is 0.509 e. The van der Waals surface area contributed by atoms with Gasteiger partial charge in [-0.05, 0) is 146 Å². The molecule has 10 heteroatoms. The molecule has 2 aromatic heterocycles. The number of benzene rings is 8. The SMILES string of the molecule is [2H]c1c([2H])c([2H])c2c(c1[2H])c1ccc(Oc3[c-]c(N4[CH-]N(c5c(/C6=C/C=C\N/C=C\C=C/[B]6)cc(C(C)(C)C)cc5/C5=C/C=C\N/C=C\C=C/[B]5)c5ccccc54)cc(-c4c(C(C)C)cccc4C(C)C)c3)[c-]c1n2-c1cc(C(C)(c2ccccc2)c2ccccc2)ccn1.[Pt]. The first-order valence-corrected chi connectivity index (χ1v) is 31.2. The maximum Gasteiger partial charge on any atom is 0.182 e. The summed E-state index contributed by atoms with van der Waals surface area (Å²) in [6.45, 7) is 20.1. The quantitative estimate of drug-likeness (QED) is 0.0886. The Morgan fingerprint density at radius 3 is 1.76 bits per heavy atom. The Bertz CT molecular complexity index is 4730. The van der Waals surface area contributed by atoms with E-state index in [9.17, 15) is 2.74 Å². The van der Waals surface area contributed by atoms with E-state index < -0.39 is 5.41 Å². The Balaban J connectivity index is 0.00000881. The van der Waals surface area contributed by atoms with E-state index in [-0.39, 0.29) is 68.0 Å². The van der Waals surface area contributed by atoms with Crippen LogP contribution >= 0.6 is 0 Å². The molecular formula is C82H73B2N6OPt-3. The van der Waals surface area contributed by atoms with Crippen LogP contribution in [0.4, 0.5) is 22.7 Å². The number of nitrogens with one attached hydrogen (secondary N) is 2. The van der Waals surface area contributed by atoms with Crippen molar-refractivity contribution >= 4 is 70.1 Å². The third kappa shape index (κ3) is 12.5. The maximum atomic E-state index is 9.55. The molecule has 2 radical (unpaired) electrons. The van der Waals surface area contributed by atoms with Crippen LogP contribution in [-0.4, -0.2) is 24.1 Å². The van der Waals surface area contributed by atoms with E-state index in [4.69, 9.17) is 12.5 Å². The second kappa shape index (κ2) is 27.1. The van der Waals surface area contributed by atoms with Gasteiger partial charge in [0, 0.05) is 91.6 Å². The normalized spacial score (nSPS) is 17.9. The fourth-order valence-corrected chi connectivity index (χ4v) is 12.6. The molecule has 5 heterocycles. The standard InChI is InChI=1S/C82H73B2N6O.Pt/c1-56(2)66-31-23-32-67(57(3)4)79(66)58-48-63(53-65(49-58)91-64-38-39-69-68-30-15-16-35-74(68)90(77(69)54-64)78-52-61(40-47-87-78)82(8,59-26-11-9-12-27-59)60-28-13-10-14-29-60)88-55-89(76-37-18-17-36-75(76)88)80-70(72-33-24-45-85-43-21-19-41-83-72)50-62(81(5,6)7)51-71(80)73-34-25-46-86-44-22-20-42-84-73;/h9-52,55-57,85-86H,1-8H3;/q-3;/b41-19-,42-20-,43-21-,44-22-,45-24-,46-25-,72-33-,73-34-;/i15D,16D,30D,35D;. The van der Waals surface area contributed by atoms with Crippen LogP contribution in [-0.2, 0) is 31.9 Å². The molecule has 2 N–H and O–H groups in total. The average molecular weight is 1380 g/mol. The van der Waals surface area contributed by atoms with Gasteiger partial charge >= 0.3 is 0 Å². The number of nitrogens with zero attached hydrogens (tertiary/aromatic N) is 4. The van der Waals surface area contributed by atoms with Gasteiger partial charge in [0.25, 0.3) is 0 Å². The van der Waals surface area contributed by atoms with Crippen molar-refractivity contribution in [3.05, 3.63) is 331 Å². The van der Waals surface area contributed by atoms with Crippen molar-refractivity contribution in [3.63, 3.8) is 0 Å². The van der Waals surface area contributed by atoms with Gasteiger partial charge in [0.2, 0.25) is 0 Å². The molecule has 13 rings (SSSR count). The first-order valence-electron chi connectivity index (χ1n) is 33.2. The predicted molar refractivity (Wildman–Crippen MR) is 384 cm³/mol. The van der Waals surface area contributed by atoms with Crippen molar-refractivity contribution in [2.45, 2.75) is 78.1 Å². The average Bonchev–Trinajstić information content (AvgIpc) is 1.56. The molecule has 92 heavy (non-hydrogen) atoms. The summed E-state index contributed by atoms with van der Waals surface area (Å²) >= 11 is 0. The van der Waals surface area contributed by atoms with Gasteiger partial charge in [-0.3, -0.25) is 0 Å². The number of aromatic nitrogens is 2. The summed E-state index contributed by atoms with van der Waals surface area (Å²) in [7, 11) is 4.36. The fraction of sp³-hybridized carbons (Fsp3) is 0.146. The molecule has 0 amide bonds. The predicted octanol–water partition coefficient (Wildman–Crippen LogP) is 19.9. The molecule has 0 saturated heterocycles. The zero-order valence-electron chi connectivity index (χ0n) is 57.0. The molecule has 0 saturated carbocycles. The first-order chi connectivity index (χ1) is 46.0. The van der Waals surface area contributed by atoms with E-state index in [1.54, 1.807) is 6.20 Å². The third-order valence-electron chi connectivity index (χ3n) is 17.3. The molecular weight excluding hydrogens is 1300 g/mol. The number of para-hydroxylation sites is 3. The number of ether oxygens (including phenoxy) is 1. The summed E-state index contributed by atoms with van der Waals surface area (Å²) in [5, 5.41) is 7.48. The van der Waals surface area contributed by atoms with E-state index >= 15 is 0 Å². The van der Waals surface area contributed by atoms with Gasteiger partial charge in [-0.1, -0.05) is 198 Å². The number of allylic oxidation sites excluding steroid dienone is 8. The van der Waals surface area contributed by atoms with Crippen molar-refractivity contribution in [3.8, 4) is 28.4 Å². The first kappa shape index (κ1) is 57.6. The minimum Gasteiger partial charge on any atom is -0.509 e. The van der Waals surface area contributed by atoms with Crippen molar-refractivity contribution in [1.82, 2.24) is 20.2 Å². The third-order valence-corrected chi connectivity index (χ3v) is 17.3. The van der Waals surface area contributed by atoms with E-state index in [2.05, 4.69) is 236 Å². The van der Waals surface area contributed by atoms with Crippen molar-refractivity contribution in [1.29, 1.82) is 0 Å². The topological polar surface area (TPSA) is 57.6 Å². The Morgan fingerprint density at radius 2 is 1.15 bits per heavy atom. The Hall–Kier alpha value is -9.55. The van der Waals surface area contributed by atoms with Gasteiger partial charge in [-0.2, -0.15) is 6.07 Å². The zero-order chi connectivity index (χ0) is 66.1. The number of pyridine rings is 1. The smallest absolute Gasteiger partial charge is 0.182 e. The minimum absolute atomic E-state index is 0. The Labute approximate surface area is 565 Å². The van der Waals surface area contributed by atoms with Gasteiger partial charge in [-0.15, -0.1) is 65.6 Å². The molecule has 0 unspecified atom stereocenters. The number of anilines is 4. The summed E-state index contributed by atoms with van der Waals surface area (Å²) in [6, 6.07) is 59.1. The van der Waals surface area contributed by atoms with Crippen molar-refractivity contribution in [2.24, 2.45) is 0 Å². The second-order valence-corrected chi connectivity index (χ2v) is 24.9. The van der Waals surface area contributed by atoms with Gasteiger partial charge in [-0.25, -0.2) is 4.98 Å². The van der Waals surface area contributed by atoms with Crippen LogP contribution in [0.3, 0.4) is 0 Å². The number of rotatable bonds is 13. The van der Waals surface area contributed by atoms with Crippen LogP contribution in [0.2, 0.25) is 0 Å². The summed E-state index contributed by atoms with van der Waals surface area (Å²) in [5.41, 5.74) is 16.3.